The number of H-pyrrole nitrogens is 1. The number of aromatic amines is 1. The van der Waals surface area contributed by atoms with Gasteiger partial charge in [0.2, 0.25) is 0 Å². The highest BCUT2D eigenvalue weighted by atomic mass is 16.2. The molecule has 1 aromatic carbocycles. The van der Waals surface area contributed by atoms with E-state index >= 15 is 0 Å². The molecule has 0 saturated carbocycles. The summed E-state index contributed by atoms with van der Waals surface area (Å²) in [6.07, 6.45) is 1.67. The zero-order valence-corrected chi connectivity index (χ0v) is 9.60. The number of likely N-dealkylation sites (N-methyl/N-ethyl adjacent to an activating group) is 1. The highest BCUT2D eigenvalue weighted by molar-refractivity contribution is 6.05. The normalized spacial score (nSPS) is 10.4. The number of carbonyl (C=O) groups excluding carboxylic acids is 1. The molecule has 0 spiro atoms. The minimum Gasteiger partial charge on any atom is -0.399 e. The van der Waals surface area contributed by atoms with Gasteiger partial charge in [-0.3, -0.25) is 9.89 Å². The van der Waals surface area contributed by atoms with E-state index in [1.165, 1.54) is 0 Å². The molecule has 3 N–H and O–H groups in total. The molecule has 1 aromatic heterocycles. The first kappa shape index (κ1) is 11.2. The van der Waals surface area contributed by atoms with Crippen molar-refractivity contribution in [1.82, 2.24) is 15.1 Å². The fraction of sp³-hybridized carbons (Fsp3) is 0.167. The highest BCUT2D eigenvalue weighted by Gasteiger charge is 2.17. The third kappa shape index (κ3) is 1.99. The molecule has 0 saturated heterocycles. The quantitative estimate of drug-likeness (QED) is 0.618. The number of hydrogen-bond acceptors (Lipinski definition) is 3. The molecule has 1 amide bonds. The maximum Gasteiger partial charge on any atom is 0.275 e. The van der Waals surface area contributed by atoms with Gasteiger partial charge in [0, 0.05) is 24.7 Å². The minimum absolute atomic E-state index is 0.151. The lowest BCUT2D eigenvalue weighted by Gasteiger charge is -2.12. The van der Waals surface area contributed by atoms with Gasteiger partial charge >= 0.3 is 0 Å². The second-order valence-electron chi connectivity index (χ2n) is 3.85. The zero-order valence-electron chi connectivity index (χ0n) is 9.60. The first-order valence-corrected chi connectivity index (χ1v) is 5.23. The largest absolute Gasteiger partial charge is 0.399 e. The van der Waals surface area contributed by atoms with Crippen molar-refractivity contribution in [1.29, 1.82) is 0 Å². The molecule has 5 heteroatoms. The average molecular weight is 230 g/mol. The van der Waals surface area contributed by atoms with Crippen molar-refractivity contribution in [2.75, 3.05) is 19.3 Å². The summed E-state index contributed by atoms with van der Waals surface area (Å²) >= 11 is 0. The lowest BCUT2D eigenvalue weighted by atomic mass is 10.2. The van der Waals surface area contributed by atoms with Crippen LogP contribution in [0.2, 0.25) is 0 Å². The first-order valence-electron chi connectivity index (χ1n) is 5.23. The Labute approximate surface area is 98.9 Å². The van der Waals surface area contributed by atoms with E-state index in [4.69, 9.17) is 5.73 Å². The Morgan fingerprint density at radius 2 is 2.41 bits per heavy atom. The Morgan fingerprint density at radius 3 is 3.12 bits per heavy atom. The molecule has 88 valence electrons. The fourth-order valence-electron chi connectivity index (χ4n) is 1.65. The average Bonchev–Trinajstić information content (AvgIpc) is 2.71. The van der Waals surface area contributed by atoms with Gasteiger partial charge in [-0.15, -0.1) is 6.58 Å². The summed E-state index contributed by atoms with van der Waals surface area (Å²) in [4.78, 5) is 13.6. The molecule has 0 unspecified atom stereocenters. The number of anilines is 1. The smallest absolute Gasteiger partial charge is 0.275 e. The second-order valence-corrected chi connectivity index (χ2v) is 3.85. The minimum atomic E-state index is -0.151. The van der Waals surface area contributed by atoms with Crippen molar-refractivity contribution in [3.63, 3.8) is 0 Å². The number of fused-ring (bicyclic) bond motifs is 1. The van der Waals surface area contributed by atoms with Gasteiger partial charge in [0.15, 0.2) is 5.69 Å². The predicted octanol–water partition coefficient (Wildman–Crippen LogP) is 1.40. The zero-order chi connectivity index (χ0) is 12.4. The third-order valence-electron chi connectivity index (χ3n) is 2.54. The molecular weight excluding hydrogens is 216 g/mol. The van der Waals surface area contributed by atoms with Crippen LogP contribution < -0.4 is 5.73 Å². The molecule has 1 heterocycles. The van der Waals surface area contributed by atoms with Gasteiger partial charge in [-0.05, 0) is 18.2 Å². The van der Waals surface area contributed by atoms with Crippen molar-refractivity contribution in [2.45, 2.75) is 0 Å². The Morgan fingerprint density at radius 1 is 1.65 bits per heavy atom. The SMILES string of the molecule is C=CCN(C)C(=O)c1n[nH]c2ccc(N)cc12. The molecule has 0 aliphatic carbocycles. The monoisotopic (exact) mass is 230 g/mol. The molecule has 2 aromatic rings. The van der Waals surface area contributed by atoms with Crippen LogP contribution in [0.25, 0.3) is 10.9 Å². The van der Waals surface area contributed by atoms with Crippen molar-refractivity contribution in [3.8, 4) is 0 Å². The van der Waals surface area contributed by atoms with E-state index in [9.17, 15) is 4.79 Å². The van der Waals surface area contributed by atoms with Crippen molar-refractivity contribution in [3.05, 3.63) is 36.5 Å². The van der Waals surface area contributed by atoms with Crippen LogP contribution in [-0.2, 0) is 0 Å². The van der Waals surface area contributed by atoms with Gasteiger partial charge in [0.1, 0.15) is 0 Å². The molecular formula is C12H14N4O. The second kappa shape index (κ2) is 4.29. The highest BCUT2D eigenvalue weighted by Crippen LogP contribution is 2.19. The Bertz CT molecular complexity index is 573. The molecule has 2 rings (SSSR count). The van der Waals surface area contributed by atoms with Gasteiger partial charge in [0.05, 0.1) is 5.52 Å². The van der Waals surface area contributed by atoms with Crippen molar-refractivity contribution in [2.24, 2.45) is 0 Å². The van der Waals surface area contributed by atoms with Gasteiger partial charge < -0.3 is 10.6 Å². The summed E-state index contributed by atoms with van der Waals surface area (Å²) in [6.45, 7) is 4.08. The number of hydrogen-bond donors (Lipinski definition) is 2. The van der Waals surface area contributed by atoms with Crippen LogP contribution in [0.5, 0.6) is 0 Å². The maximum atomic E-state index is 12.1. The summed E-state index contributed by atoms with van der Waals surface area (Å²) in [7, 11) is 1.71. The third-order valence-corrected chi connectivity index (χ3v) is 2.54. The van der Waals surface area contributed by atoms with E-state index < -0.39 is 0 Å². The van der Waals surface area contributed by atoms with Crippen LogP contribution in [0, 0.1) is 0 Å². The van der Waals surface area contributed by atoms with Crippen molar-refractivity contribution < 1.29 is 4.79 Å². The van der Waals surface area contributed by atoms with Crippen molar-refractivity contribution >= 4 is 22.5 Å². The van der Waals surface area contributed by atoms with Gasteiger partial charge in [-0.25, -0.2) is 0 Å². The van der Waals surface area contributed by atoms with Crippen LogP contribution in [0.15, 0.2) is 30.9 Å². The topological polar surface area (TPSA) is 75.0 Å². The predicted molar refractivity (Wildman–Crippen MR) is 67.7 cm³/mol. The molecule has 0 radical (unpaired) electrons. The standard InChI is InChI=1S/C12H14N4O/c1-3-6-16(2)12(17)11-9-7-8(13)4-5-10(9)14-15-11/h3-5,7H,1,6,13H2,2H3,(H,14,15). The number of nitrogens with two attached hydrogens (primary N) is 1. The number of rotatable bonds is 3. The Hall–Kier alpha value is -2.30. The first-order chi connectivity index (χ1) is 8.13. The van der Waals surface area contributed by atoms with Gasteiger partial charge in [0.25, 0.3) is 5.91 Å². The summed E-state index contributed by atoms with van der Waals surface area (Å²) in [5.74, 6) is -0.151. The Balaban J connectivity index is 2.45. The molecule has 17 heavy (non-hydrogen) atoms. The molecule has 0 bridgehead atoms. The maximum absolute atomic E-state index is 12.1. The summed E-state index contributed by atoms with van der Waals surface area (Å²) in [5, 5.41) is 7.59. The van der Waals surface area contributed by atoms with E-state index in [0.717, 1.165) is 10.9 Å². The molecule has 0 aliphatic rings. The molecule has 0 atom stereocenters. The molecule has 0 aliphatic heterocycles. The van der Waals surface area contributed by atoms with Crippen LogP contribution in [0.1, 0.15) is 10.5 Å². The lowest BCUT2D eigenvalue weighted by Crippen LogP contribution is -2.27. The van der Waals surface area contributed by atoms with E-state index in [1.807, 2.05) is 6.07 Å². The van der Waals surface area contributed by atoms with Gasteiger partial charge in [-0.2, -0.15) is 5.10 Å². The number of benzene rings is 1. The fourth-order valence-corrected chi connectivity index (χ4v) is 1.65. The van der Waals surface area contributed by atoms with E-state index in [-0.39, 0.29) is 5.91 Å². The van der Waals surface area contributed by atoms with Crippen LogP contribution in [-0.4, -0.2) is 34.6 Å². The molecule has 5 nitrogen and oxygen atoms in total. The number of aromatic nitrogens is 2. The van der Waals surface area contributed by atoms with E-state index in [0.29, 0.717) is 17.9 Å². The lowest BCUT2D eigenvalue weighted by molar-refractivity contribution is 0.0806. The number of carbonyl (C=O) groups is 1. The van der Waals surface area contributed by atoms with Gasteiger partial charge in [-0.1, -0.05) is 6.08 Å². The summed E-state index contributed by atoms with van der Waals surface area (Å²) in [6, 6.07) is 5.32. The number of nitrogens with zero attached hydrogens (tertiary/aromatic N) is 2. The number of amides is 1. The molecule has 0 fully saturated rings. The van der Waals surface area contributed by atoms with E-state index in [2.05, 4.69) is 16.8 Å². The Kier molecular flexibility index (Phi) is 2.82. The van der Waals surface area contributed by atoms with Crippen LogP contribution in [0.3, 0.4) is 0 Å². The summed E-state index contributed by atoms with van der Waals surface area (Å²) in [5.41, 5.74) is 7.50. The van der Waals surface area contributed by atoms with Crippen LogP contribution >= 0.6 is 0 Å². The summed E-state index contributed by atoms with van der Waals surface area (Å²) < 4.78 is 0. The van der Waals surface area contributed by atoms with E-state index in [1.54, 1.807) is 30.2 Å². The number of nitrogen functional groups attached to an aromatic ring is 1. The van der Waals surface area contributed by atoms with Crippen LogP contribution in [0.4, 0.5) is 5.69 Å². The number of nitrogens with one attached hydrogen (secondary N) is 1.